The Labute approximate surface area is 184 Å². The molecule has 0 aliphatic carbocycles. The third kappa shape index (κ3) is 6.01. The van der Waals surface area contributed by atoms with Crippen LogP contribution < -0.4 is 14.8 Å². The summed E-state index contributed by atoms with van der Waals surface area (Å²) < 4.78 is 18.3. The molecule has 1 aliphatic rings. The van der Waals surface area contributed by atoms with Gasteiger partial charge in [0.1, 0.15) is 6.61 Å². The summed E-state index contributed by atoms with van der Waals surface area (Å²) in [6.45, 7) is 5.30. The molecule has 1 aliphatic heterocycles. The molecular formula is C21H24BrCl2NO3. The van der Waals surface area contributed by atoms with E-state index in [0.29, 0.717) is 40.9 Å². The molecule has 0 aromatic heterocycles. The van der Waals surface area contributed by atoms with Crippen molar-refractivity contribution in [2.45, 2.75) is 39.0 Å². The zero-order valence-corrected chi connectivity index (χ0v) is 18.9. The molecule has 1 atom stereocenters. The van der Waals surface area contributed by atoms with Gasteiger partial charge in [0.15, 0.2) is 11.5 Å². The third-order valence-corrected chi connectivity index (χ3v) is 5.66. The van der Waals surface area contributed by atoms with Gasteiger partial charge < -0.3 is 19.5 Å². The lowest BCUT2D eigenvalue weighted by atomic mass is 10.2. The minimum Gasteiger partial charge on any atom is -0.490 e. The normalized spacial score (nSPS) is 16.4. The summed E-state index contributed by atoms with van der Waals surface area (Å²) in [5.41, 5.74) is 1.98. The Hall–Kier alpha value is -0.980. The molecule has 7 heteroatoms. The Balaban J connectivity index is 1.67. The highest BCUT2D eigenvalue weighted by Gasteiger charge is 2.16. The Bertz CT molecular complexity index is 797. The van der Waals surface area contributed by atoms with Gasteiger partial charge in [-0.2, -0.15) is 0 Å². The van der Waals surface area contributed by atoms with Crippen molar-refractivity contribution in [3.8, 4) is 11.5 Å². The second kappa shape index (κ2) is 10.7. The van der Waals surface area contributed by atoms with Crippen LogP contribution in [0.5, 0.6) is 11.5 Å². The van der Waals surface area contributed by atoms with Gasteiger partial charge in [-0.05, 0) is 65.5 Å². The number of nitrogens with one attached hydrogen (secondary N) is 1. The number of rotatable bonds is 9. The average molecular weight is 489 g/mol. The van der Waals surface area contributed by atoms with Crippen LogP contribution in [0.1, 0.15) is 30.9 Å². The van der Waals surface area contributed by atoms with Crippen LogP contribution in [0.3, 0.4) is 0 Å². The summed E-state index contributed by atoms with van der Waals surface area (Å²) in [6, 6.07) is 9.43. The number of halogens is 3. The van der Waals surface area contributed by atoms with Crippen molar-refractivity contribution >= 4 is 39.1 Å². The standard InChI is InChI=1S/C21H24BrCl2NO3/c1-2-26-20-9-14(11-25-12-17-4-3-7-27-17)8-18(22)21(20)28-13-15-5-6-16(23)10-19(15)24/h5-6,8-10,17,25H,2-4,7,11-13H2,1H3/t17-/m1/s1. The highest BCUT2D eigenvalue weighted by atomic mass is 79.9. The third-order valence-electron chi connectivity index (χ3n) is 4.48. The maximum Gasteiger partial charge on any atom is 0.175 e. The fourth-order valence-electron chi connectivity index (χ4n) is 3.10. The van der Waals surface area contributed by atoms with Gasteiger partial charge in [-0.3, -0.25) is 0 Å². The Kier molecular flexibility index (Phi) is 8.30. The second-order valence-electron chi connectivity index (χ2n) is 6.63. The maximum absolute atomic E-state index is 6.25. The highest BCUT2D eigenvalue weighted by Crippen LogP contribution is 2.38. The van der Waals surface area contributed by atoms with Crippen molar-refractivity contribution in [2.24, 2.45) is 0 Å². The van der Waals surface area contributed by atoms with E-state index in [9.17, 15) is 0 Å². The van der Waals surface area contributed by atoms with Crippen LogP contribution in [0.15, 0.2) is 34.8 Å². The van der Waals surface area contributed by atoms with Gasteiger partial charge >= 0.3 is 0 Å². The van der Waals surface area contributed by atoms with Gasteiger partial charge in [0.25, 0.3) is 0 Å². The second-order valence-corrected chi connectivity index (χ2v) is 8.33. The lowest BCUT2D eigenvalue weighted by Crippen LogP contribution is -2.25. The quantitative estimate of drug-likeness (QED) is 0.469. The van der Waals surface area contributed by atoms with Crippen LogP contribution in [-0.2, 0) is 17.9 Å². The first-order chi connectivity index (χ1) is 13.6. The first kappa shape index (κ1) is 21.7. The fourth-order valence-corrected chi connectivity index (χ4v) is 4.16. The van der Waals surface area contributed by atoms with E-state index >= 15 is 0 Å². The van der Waals surface area contributed by atoms with Crippen LogP contribution in [0.4, 0.5) is 0 Å². The lowest BCUT2D eigenvalue weighted by Gasteiger charge is -2.17. The number of ether oxygens (including phenoxy) is 3. The molecule has 28 heavy (non-hydrogen) atoms. The molecule has 4 nitrogen and oxygen atoms in total. The van der Waals surface area contributed by atoms with Gasteiger partial charge in [0.2, 0.25) is 0 Å². The first-order valence-corrected chi connectivity index (χ1v) is 11.0. The van der Waals surface area contributed by atoms with Crippen molar-refractivity contribution in [2.75, 3.05) is 19.8 Å². The molecule has 0 spiro atoms. The number of hydrogen-bond donors (Lipinski definition) is 1. The van der Waals surface area contributed by atoms with E-state index in [1.165, 1.54) is 0 Å². The molecule has 0 unspecified atom stereocenters. The molecule has 0 bridgehead atoms. The van der Waals surface area contributed by atoms with E-state index in [2.05, 4.69) is 21.2 Å². The van der Waals surface area contributed by atoms with E-state index in [4.69, 9.17) is 37.4 Å². The van der Waals surface area contributed by atoms with Crippen LogP contribution in [-0.4, -0.2) is 25.9 Å². The van der Waals surface area contributed by atoms with Crippen molar-refractivity contribution in [1.82, 2.24) is 5.32 Å². The van der Waals surface area contributed by atoms with Gasteiger partial charge in [-0.25, -0.2) is 0 Å². The zero-order valence-electron chi connectivity index (χ0n) is 15.8. The molecule has 2 aromatic rings. The molecule has 0 saturated carbocycles. The number of hydrogen-bond acceptors (Lipinski definition) is 4. The van der Waals surface area contributed by atoms with Crippen molar-refractivity contribution in [1.29, 1.82) is 0 Å². The van der Waals surface area contributed by atoms with E-state index in [1.807, 2.05) is 25.1 Å². The lowest BCUT2D eigenvalue weighted by molar-refractivity contribution is 0.110. The minimum atomic E-state index is 0.321. The van der Waals surface area contributed by atoms with Gasteiger partial charge in [0, 0.05) is 35.3 Å². The Morgan fingerprint density at radius 1 is 1.21 bits per heavy atom. The molecule has 1 saturated heterocycles. The summed E-state index contributed by atoms with van der Waals surface area (Å²) in [5, 5.41) is 4.64. The van der Waals surface area contributed by atoms with E-state index in [1.54, 1.807) is 12.1 Å². The van der Waals surface area contributed by atoms with Gasteiger partial charge in [-0.15, -0.1) is 0 Å². The summed E-state index contributed by atoms with van der Waals surface area (Å²) in [4.78, 5) is 0. The van der Waals surface area contributed by atoms with Crippen LogP contribution in [0.2, 0.25) is 10.0 Å². The Morgan fingerprint density at radius 2 is 2.07 bits per heavy atom. The molecule has 3 rings (SSSR count). The van der Waals surface area contributed by atoms with Gasteiger partial charge in [-0.1, -0.05) is 29.3 Å². The van der Waals surface area contributed by atoms with Crippen LogP contribution in [0.25, 0.3) is 0 Å². The molecule has 0 radical (unpaired) electrons. The van der Waals surface area contributed by atoms with Crippen molar-refractivity contribution in [3.63, 3.8) is 0 Å². The highest BCUT2D eigenvalue weighted by molar-refractivity contribution is 9.10. The summed E-state index contributed by atoms with van der Waals surface area (Å²) in [5.74, 6) is 1.37. The largest absolute Gasteiger partial charge is 0.490 e. The monoisotopic (exact) mass is 487 g/mol. The predicted molar refractivity (Wildman–Crippen MR) is 117 cm³/mol. The molecule has 152 valence electrons. The summed E-state index contributed by atoms with van der Waals surface area (Å²) in [6.07, 6.45) is 2.60. The molecule has 1 N–H and O–H groups in total. The Morgan fingerprint density at radius 3 is 2.79 bits per heavy atom. The maximum atomic E-state index is 6.25. The van der Waals surface area contributed by atoms with Crippen LogP contribution in [0, 0.1) is 0 Å². The fraction of sp³-hybridized carbons (Fsp3) is 0.429. The first-order valence-electron chi connectivity index (χ1n) is 9.41. The smallest absolute Gasteiger partial charge is 0.175 e. The van der Waals surface area contributed by atoms with Crippen molar-refractivity contribution in [3.05, 3.63) is 56.0 Å². The SMILES string of the molecule is CCOc1cc(CNC[C@H]2CCCO2)cc(Br)c1OCc1ccc(Cl)cc1Cl. The number of benzene rings is 2. The molecule has 0 amide bonds. The minimum absolute atomic E-state index is 0.321. The topological polar surface area (TPSA) is 39.7 Å². The summed E-state index contributed by atoms with van der Waals surface area (Å²) in [7, 11) is 0. The predicted octanol–water partition coefficient (Wildman–Crippen LogP) is 6.00. The molecule has 1 heterocycles. The molecular weight excluding hydrogens is 465 g/mol. The molecule has 2 aromatic carbocycles. The molecule has 1 fully saturated rings. The van der Waals surface area contributed by atoms with E-state index < -0.39 is 0 Å². The summed E-state index contributed by atoms with van der Waals surface area (Å²) >= 11 is 15.8. The average Bonchev–Trinajstić information content (AvgIpc) is 3.16. The van der Waals surface area contributed by atoms with E-state index in [-0.39, 0.29) is 0 Å². The van der Waals surface area contributed by atoms with E-state index in [0.717, 1.165) is 48.1 Å². The van der Waals surface area contributed by atoms with Crippen molar-refractivity contribution < 1.29 is 14.2 Å². The van der Waals surface area contributed by atoms with Crippen LogP contribution >= 0.6 is 39.1 Å². The zero-order chi connectivity index (χ0) is 19.9. The van der Waals surface area contributed by atoms with Gasteiger partial charge in [0.05, 0.1) is 17.2 Å².